The molecule has 11 heteroatoms. The lowest BCUT2D eigenvalue weighted by atomic mass is 9.96. The Bertz CT molecular complexity index is 1430. The molecule has 0 radical (unpaired) electrons. The van der Waals surface area contributed by atoms with E-state index in [1.54, 1.807) is 53.7 Å². The second kappa shape index (κ2) is 20.4. The van der Waals surface area contributed by atoms with Gasteiger partial charge in [0.15, 0.2) is 0 Å². The van der Waals surface area contributed by atoms with Crippen molar-refractivity contribution >= 4 is 29.8 Å². The molecule has 2 aromatic carbocycles. The van der Waals surface area contributed by atoms with Crippen molar-refractivity contribution in [2.45, 2.75) is 143 Å². The molecule has 0 saturated heterocycles. The highest BCUT2D eigenvalue weighted by atomic mass is 16.6. The van der Waals surface area contributed by atoms with Crippen molar-refractivity contribution < 1.29 is 33.4 Å². The number of alkyl carbamates (subject to hydrolysis) is 1. The predicted molar refractivity (Wildman–Crippen MR) is 199 cm³/mol. The minimum Gasteiger partial charge on any atom is -0.458 e. The molecule has 11 nitrogen and oxygen atoms in total. The molecule has 4 amide bonds. The molecular formula is C40H60N4O7. The first-order valence-corrected chi connectivity index (χ1v) is 18.1. The van der Waals surface area contributed by atoms with E-state index in [1.807, 2.05) is 49.4 Å². The molecule has 0 heterocycles. The largest absolute Gasteiger partial charge is 0.458 e. The topological polar surface area (TPSA) is 157 Å². The Kier molecular flexibility index (Phi) is 17.1. The molecule has 0 spiro atoms. The van der Waals surface area contributed by atoms with Crippen LogP contribution in [0.1, 0.15) is 123 Å². The lowest BCUT2D eigenvalue weighted by Gasteiger charge is -2.36. The van der Waals surface area contributed by atoms with Gasteiger partial charge in [-0.15, -0.1) is 0 Å². The fraction of sp³-hybridized carbons (Fsp3) is 0.575. The van der Waals surface area contributed by atoms with Gasteiger partial charge >= 0.3 is 12.1 Å². The number of nitrogens with zero attached hydrogens (tertiary/aromatic N) is 1. The summed E-state index contributed by atoms with van der Waals surface area (Å²) in [7, 11) is 0. The number of carbonyl (C=O) groups excluding carboxylic acids is 5. The van der Waals surface area contributed by atoms with Gasteiger partial charge in [-0.2, -0.15) is 0 Å². The van der Waals surface area contributed by atoms with Gasteiger partial charge in [0.25, 0.3) is 0 Å². The molecule has 2 rings (SSSR count). The average molecular weight is 709 g/mol. The Hall–Kier alpha value is -4.41. The molecule has 2 aromatic rings. The zero-order valence-electron chi connectivity index (χ0n) is 31.9. The quantitative estimate of drug-likeness (QED) is 0.112. The van der Waals surface area contributed by atoms with Crippen molar-refractivity contribution in [1.29, 1.82) is 0 Å². The van der Waals surface area contributed by atoms with Gasteiger partial charge in [-0.05, 0) is 78.0 Å². The Morgan fingerprint density at radius 3 is 1.94 bits per heavy atom. The highest BCUT2D eigenvalue weighted by Crippen LogP contribution is 2.28. The van der Waals surface area contributed by atoms with Gasteiger partial charge < -0.3 is 30.7 Å². The Labute approximate surface area is 304 Å². The summed E-state index contributed by atoms with van der Waals surface area (Å²) in [5.74, 6) is -2.41. The van der Waals surface area contributed by atoms with Crippen molar-refractivity contribution in [2.75, 3.05) is 6.54 Å². The number of hydrogen-bond donors (Lipinski definition) is 3. The fourth-order valence-corrected chi connectivity index (χ4v) is 5.63. The van der Waals surface area contributed by atoms with Crippen LogP contribution in [0.25, 0.3) is 0 Å². The first kappa shape index (κ1) is 42.8. The summed E-state index contributed by atoms with van der Waals surface area (Å²) in [5, 5.41) is 5.57. The van der Waals surface area contributed by atoms with E-state index in [1.165, 1.54) is 4.90 Å². The van der Waals surface area contributed by atoms with Crippen molar-refractivity contribution in [2.24, 2.45) is 5.73 Å². The number of esters is 1. The summed E-state index contributed by atoms with van der Waals surface area (Å²) in [6.07, 6.45) is 4.61. The summed E-state index contributed by atoms with van der Waals surface area (Å²) in [6.45, 7) is 14.5. The van der Waals surface area contributed by atoms with Crippen LogP contribution in [0.3, 0.4) is 0 Å². The maximum absolute atomic E-state index is 14.7. The van der Waals surface area contributed by atoms with Crippen molar-refractivity contribution in [3.63, 3.8) is 0 Å². The van der Waals surface area contributed by atoms with Crippen LogP contribution in [0.2, 0.25) is 0 Å². The van der Waals surface area contributed by atoms with Crippen LogP contribution in [-0.2, 0) is 35.1 Å². The zero-order valence-corrected chi connectivity index (χ0v) is 31.9. The minimum atomic E-state index is -1.22. The van der Waals surface area contributed by atoms with Crippen LogP contribution >= 0.6 is 0 Å². The van der Waals surface area contributed by atoms with Crippen LogP contribution in [0.5, 0.6) is 0 Å². The normalized spacial score (nSPS) is 13.3. The number of benzene rings is 2. The van der Waals surface area contributed by atoms with Gasteiger partial charge in [0.05, 0.1) is 0 Å². The van der Waals surface area contributed by atoms with Crippen LogP contribution in [0.15, 0.2) is 54.6 Å². The number of ether oxygens (including phenoxy) is 2. The van der Waals surface area contributed by atoms with E-state index in [4.69, 9.17) is 15.2 Å². The smallest absolute Gasteiger partial charge is 0.408 e. The van der Waals surface area contributed by atoms with E-state index in [9.17, 15) is 24.0 Å². The Morgan fingerprint density at radius 2 is 1.35 bits per heavy atom. The maximum Gasteiger partial charge on any atom is 0.408 e. The summed E-state index contributed by atoms with van der Waals surface area (Å²) >= 11 is 0. The summed E-state index contributed by atoms with van der Waals surface area (Å²) < 4.78 is 11.2. The number of carbonyl (C=O) groups is 5. The number of nitrogens with one attached hydrogen (secondary N) is 2. The second-order valence-electron chi connectivity index (χ2n) is 15.0. The first-order chi connectivity index (χ1) is 23.9. The van der Waals surface area contributed by atoms with Crippen LogP contribution in [-0.4, -0.2) is 64.5 Å². The monoisotopic (exact) mass is 708 g/mol. The summed E-state index contributed by atoms with van der Waals surface area (Å²) in [6, 6.07) is 13.1. The number of aryl methyl sites for hydroxylation is 1. The van der Waals surface area contributed by atoms with E-state index >= 15 is 0 Å². The molecule has 0 bridgehead atoms. The fourth-order valence-electron chi connectivity index (χ4n) is 5.63. The third-order valence-electron chi connectivity index (χ3n) is 8.04. The summed E-state index contributed by atoms with van der Waals surface area (Å²) in [4.78, 5) is 69.3. The molecule has 0 aliphatic heterocycles. The van der Waals surface area contributed by atoms with Gasteiger partial charge in [-0.1, -0.05) is 93.6 Å². The van der Waals surface area contributed by atoms with Crippen molar-refractivity contribution in [1.82, 2.24) is 15.5 Å². The number of rotatable bonds is 19. The van der Waals surface area contributed by atoms with E-state index in [-0.39, 0.29) is 25.8 Å². The average Bonchev–Trinajstić information content (AvgIpc) is 3.02. The molecule has 0 aliphatic rings. The molecule has 4 N–H and O–H groups in total. The molecule has 0 aliphatic carbocycles. The SMILES string of the molecule is CCCCCCCCN(C(=O)C(CCC(N)=O)NC(=O)OC(C)(C)C)C(C(=O)NC(Cc1ccccc1)C(=O)OC(C)(C)C)c1ccccc1C. The van der Waals surface area contributed by atoms with Gasteiger partial charge in [-0.25, -0.2) is 9.59 Å². The number of primary amides is 1. The molecular weight excluding hydrogens is 648 g/mol. The molecule has 0 aromatic heterocycles. The predicted octanol–water partition coefficient (Wildman–Crippen LogP) is 6.45. The Morgan fingerprint density at radius 1 is 0.765 bits per heavy atom. The van der Waals surface area contributed by atoms with Crippen LogP contribution < -0.4 is 16.4 Å². The first-order valence-electron chi connectivity index (χ1n) is 18.1. The molecule has 51 heavy (non-hydrogen) atoms. The number of unbranched alkanes of at least 4 members (excludes halogenated alkanes) is 5. The van der Waals surface area contributed by atoms with E-state index in [0.29, 0.717) is 12.0 Å². The molecule has 0 saturated carbocycles. The lowest BCUT2D eigenvalue weighted by molar-refractivity contribution is -0.159. The third kappa shape index (κ3) is 16.0. The molecule has 3 atom stereocenters. The van der Waals surface area contributed by atoms with E-state index in [0.717, 1.165) is 43.2 Å². The zero-order chi connectivity index (χ0) is 38.2. The van der Waals surface area contributed by atoms with Gasteiger partial charge in [0.1, 0.15) is 29.3 Å². The van der Waals surface area contributed by atoms with Crippen LogP contribution in [0.4, 0.5) is 4.79 Å². The van der Waals surface area contributed by atoms with Gasteiger partial charge in [0, 0.05) is 19.4 Å². The minimum absolute atomic E-state index is 0.100. The maximum atomic E-state index is 14.7. The standard InChI is InChI=1S/C40H60N4O7/c1-9-10-11-12-13-19-26-44(36(47)31(24-25-33(41)45)43-38(49)51-40(6,7)8)34(30-23-18-17-20-28(30)2)35(46)42-32(37(48)50-39(3,4)5)27-29-21-15-14-16-22-29/h14-18,20-23,31-32,34H,9-13,19,24-27H2,1-8H3,(H2,41,45)(H,42,46)(H,43,49). The third-order valence-corrected chi connectivity index (χ3v) is 8.04. The molecule has 3 unspecified atom stereocenters. The van der Waals surface area contributed by atoms with Gasteiger partial charge in [0.2, 0.25) is 17.7 Å². The number of nitrogens with two attached hydrogens (primary N) is 1. The van der Waals surface area contributed by atoms with Crippen molar-refractivity contribution in [3.05, 3.63) is 71.3 Å². The van der Waals surface area contributed by atoms with Gasteiger partial charge in [-0.3, -0.25) is 14.4 Å². The van der Waals surface area contributed by atoms with E-state index in [2.05, 4.69) is 17.6 Å². The molecule has 282 valence electrons. The highest BCUT2D eigenvalue weighted by molar-refractivity contribution is 5.94. The Balaban J connectivity index is 2.65. The van der Waals surface area contributed by atoms with E-state index < -0.39 is 59.1 Å². The number of hydrogen-bond acceptors (Lipinski definition) is 7. The van der Waals surface area contributed by atoms with Crippen molar-refractivity contribution in [3.8, 4) is 0 Å². The highest BCUT2D eigenvalue weighted by Gasteiger charge is 2.38. The lowest BCUT2D eigenvalue weighted by Crippen LogP contribution is -2.55. The second-order valence-corrected chi connectivity index (χ2v) is 15.0. The molecule has 0 fully saturated rings. The summed E-state index contributed by atoms with van der Waals surface area (Å²) in [5.41, 5.74) is 5.95. The number of amides is 4. The van der Waals surface area contributed by atoms with Crippen LogP contribution in [0, 0.1) is 6.92 Å².